The first-order valence-electron chi connectivity index (χ1n) is 6.16. The van der Waals surface area contributed by atoms with Gasteiger partial charge in [0.1, 0.15) is 5.69 Å². The molecule has 0 fully saturated rings. The number of halogens is 1. The highest BCUT2D eigenvalue weighted by Gasteiger charge is 2.17. The minimum Gasteiger partial charge on any atom is -0.337 e. The number of nitrogens with two attached hydrogens (primary N) is 1. The third-order valence-electron chi connectivity index (χ3n) is 2.40. The van der Waals surface area contributed by atoms with Crippen molar-refractivity contribution >= 4 is 29.7 Å². The molecule has 0 bridgehead atoms. The van der Waals surface area contributed by atoms with Crippen molar-refractivity contribution in [2.24, 2.45) is 5.73 Å². The van der Waals surface area contributed by atoms with E-state index >= 15 is 0 Å². The molecule has 1 amide bonds. The molecular weight excluding hydrogens is 270 g/mol. The average Bonchev–Trinajstić information content (AvgIpc) is 2.77. The number of nitrogens with zero attached hydrogens (tertiary/aromatic N) is 2. The van der Waals surface area contributed by atoms with Gasteiger partial charge in [0.25, 0.3) is 5.91 Å². The van der Waals surface area contributed by atoms with Gasteiger partial charge in [-0.1, -0.05) is 13.8 Å². The largest absolute Gasteiger partial charge is 0.337 e. The number of carbonyl (C=O) groups excluding carboxylic acids is 1. The summed E-state index contributed by atoms with van der Waals surface area (Å²) in [6.07, 6.45) is 2.70. The van der Waals surface area contributed by atoms with E-state index in [9.17, 15) is 4.79 Å². The Hall–Kier alpha value is -0.650. The van der Waals surface area contributed by atoms with Gasteiger partial charge in [-0.2, -0.15) is 0 Å². The molecule has 18 heavy (non-hydrogen) atoms. The van der Waals surface area contributed by atoms with Crippen molar-refractivity contribution in [1.82, 2.24) is 9.88 Å². The van der Waals surface area contributed by atoms with Crippen LogP contribution >= 0.6 is 23.7 Å². The van der Waals surface area contributed by atoms with Crippen LogP contribution in [0.2, 0.25) is 0 Å². The Balaban J connectivity index is 0.00000289. The van der Waals surface area contributed by atoms with Crippen molar-refractivity contribution in [1.29, 1.82) is 0 Å². The summed E-state index contributed by atoms with van der Waals surface area (Å²) in [5.74, 6) is 0.0493. The van der Waals surface area contributed by atoms with Gasteiger partial charge in [0.05, 0.1) is 5.01 Å². The Morgan fingerprint density at radius 2 is 2.00 bits per heavy atom. The van der Waals surface area contributed by atoms with Crippen molar-refractivity contribution in [2.45, 2.75) is 33.1 Å². The molecule has 0 unspecified atom stereocenters. The number of rotatable bonds is 7. The zero-order chi connectivity index (χ0) is 12.7. The van der Waals surface area contributed by atoms with Crippen molar-refractivity contribution < 1.29 is 4.79 Å². The molecule has 104 valence electrons. The van der Waals surface area contributed by atoms with Crippen LogP contribution in [0.4, 0.5) is 0 Å². The molecule has 1 aromatic heterocycles. The Morgan fingerprint density at radius 1 is 1.39 bits per heavy atom. The smallest absolute Gasteiger partial charge is 0.273 e. The minimum atomic E-state index is 0. The molecule has 0 saturated heterocycles. The summed E-state index contributed by atoms with van der Waals surface area (Å²) in [6.45, 7) is 6.34. The molecule has 1 rings (SSSR count). The predicted octanol–water partition coefficient (Wildman–Crippen LogP) is 2.33. The molecule has 0 aliphatic carbocycles. The molecule has 6 heteroatoms. The number of carbonyl (C=O) groups is 1. The fraction of sp³-hybridized carbons (Fsp3) is 0.667. The van der Waals surface area contributed by atoms with Crippen LogP contribution < -0.4 is 5.73 Å². The predicted molar refractivity (Wildman–Crippen MR) is 78.6 cm³/mol. The van der Waals surface area contributed by atoms with E-state index in [1.54, 1.807) is 0 Å². The van der Waals surface area contributed by atoms with Gasteiger partial charge in [0.2, 0.25) is 0 Å². The van der Waals surface area contributed by atoms with Crippen LogP contribution in [-0.4, -0.2) is 35.4 Å². The van der Waals surface area contributed by atoms with Crippen molar-refractivity contribution in [3.05, 3.63) is 16.1 Å². The van der Waals surface area contributed by atoms with E-state index in [0.717, 1.165) is 37.4 Å². The van der Waals surface area contributed by atoms with E-state index in [0.29, 0.717) is 12.2 Å². The first kappa shape index (κ1) is 17.4. The molecule has 0 atom stereocenters. The van der Waals surface area contributed by atoms with Gasteiger partial charge in [-0.05, 0) is 19.4 Å². The summed E-state index contributed by atoms with van der Waals surface area (Å²) in [6, 6.07) is 0. The lowest BCUT2D eigenvalue weighted by molar-refractivity contribution is 0.0750. The standard InChI is InChI=1S/C12H21N3OS.ClH/c1-3-7-15(8-4-2)12(16)10-9-17-11(14-10)5-6-13;/h9H,3-8,13H2,1-2H3;1H. The van der Waals surface area contributed by atoms with Gasteiger partial charge < -0.3 is 10.6 Å². The van der Waals surface area contributed by atoms with E-state index in [4.69, 9.17) is 5.73 Å². The van der Waals surface area contributed by atoms with Gasteiger partial charge in [0.15, 0.2) is 0 Å². The lowest BCUT2D eigenvalue weighted by atomic mass is 10.3. The third kappa shape index (κ3) is 4.92. The average molecular weight is 292 g/mol. The Kier molecular flexibility index (Phi) is 8.97. The molecule has 1 heterocycles. The fourth-order valence-electron chi connectivity index (χ4n) is 1.66. The van der Waals surface area contributed by atoms with Gasteiger partial charge in [-0.15, -0.1) is 23.7 Å². The molecular formula is C12H22ClN3OS. The first-order chi connectivity index (χ1) is 8.22. The second-order valence-corrected chi connectivity index (χ2v) is 4.90. The van der Waals surface area contributed by atoms with E-state index in [1.807, 2.05) is 10.3 Å². The van der Waals surface area contributed by atoms with Crippen LogP contribution in [-0.2, 0) is 6.42 Å². The number of thiazole rings is 1. The molecule has 0 aliphatic heterocycles. The normalized spacial score (nSPS) is 9.94. The zero-order valence-electron chi connectivity index (χ0n) is 11.0. The highest BCUT2D eigenvalue weighted by atomic mass is 35.5. The summed E-state index contributed by atoms with van der Waals surface area (Å²) in [5.41, 5.74) is 6.04. The molecule has 1 aromatic rings. The van der Waals surface area contributed by atoms with E-state index in [-0.39, 0.29) is 18.3 Å². The molecule has 4 nitrogen and oxygen atoms in total. The Labute approximate surface area is 119 Å². The molecule has 0 aliphatic rings. The van der Waals surface area contributed by atoms with E-state index < -0.39 is 0 Å². The van der Waals surface area contributed by atoms with Crippen LogP contribution in [0.5, 0.6) is 0 Å². The second-order valence-electron chi connectivity index (χ2n) is 3.96. The summed E-state index contributed by atoms with van der Waals surface area (Å²) >= 11 is 1.52. The topological polar surface area (TPSA) is 59.2 Å². The van der Waals surface area contributed by atoms with Crippen LogP contribution in [0.1, 0.15) is 42.2 Å². The summed E-state index contributed by atoms with van der Waals surface area (Å²) in [4.78, 5) is 18.4. The third-order valence-corrected chi connectivity index (χ3v) is 3.31. The summed E-state index contributed by atoms with van der Waals surface area (Å²) < 4.78 is 0. The lowest BCUT2D eigenvalue weighted by Gasteiger charge is -2.20. The molecule has 0 radical (unpaired) electrons. The number of aromatic nitrogens is 1. The lowest BCUT2D eigenvalue weighted by Crippen LogP contribution is -2.32. The van der Waals surface area contributed by atoms with Crippen molar-refractivity contribution in [3.8, 4) is 0 Å². The second kappa shape index (κ2) is 9.30. The highest BCUT2D eigenvalue weighted by Crippen LogP contribution is 2.12. The van der Waals surface area contributed by atoms with Crippen LogP contribution in [0, 0.1) is 0 Å². The molecule has 0 saturated carbocycles. The van der Waals surface area contributed by atoms with E-state index in [2.05, 4.69) is 18.8 Å². The monoisotopic (exact) mass is 291 g/mol. The number of amides is 1. The van der Waals surface area contributed by atoms with Gasteiger partial charge in [0, 0.05) is 24.9 Å². The maximum atomic E-state index is 12.2. The van der Waals surface area contributed by atoms with E-state index in [1.165, 1.54) is 11.3 Å². The maximum Gasteiger partial charge on any atom is 0.273 e. The van der Waals surface area contributed by atoms with Gasteiger partial charge in [-0.25, -0.2) is 4.98 Å². The summed E-state index contributed by atoms with van der Waals surface area (Å²) in [5, 5.41) is 2.79. The van der Waals surface area contributed by atoms with Crippen LogP contribution in [0.15, 0.2) is 5.38 Å². The van der Waals surface area contributed by atoms with Gasteiger partial charge in [-0.3, -0.25) is 4.79 Å². The SMILES string of the molecule is CCCN(CCC)C(=O)c1csc(CCN)n1.Cl. The maximum absolute atomic E-state index is 12.2. The highest BCUT2D eigenvalue weighted by molar-refractivity contribution is 7.09. The van der Waals surface area contributed by atoms with Crippen molar-refractivity contribution in [3.63, 3.8) is 0 Å². The van der Waals surface area contributed by atoms with Crippen molar-refractivity contribution in [2.75, 3.05) is 19.6 Å². The molecule has 0 aromatic carbocycles. The Morgan fingerprint density at radius 3 is 2.50 bits per heavy atom. The van der Waals surface area contributed by atoms with Gasteiger partial charge >= 0.3 is 0 Å². The summed E-state index contributed by atoms with van der Waals surface area (Å²) in [7, 11) is 0. The number of hydrogen-bond acceptors (Lipinski definition) is 4. The minimum absolute atomic E-state index is 0. The Bertz CT molecular complexity index is 351. The first-order valence-corrected chi connectivity index (χ1v) is 7.04. The molecule has 2 N–H and O–H groups in total. The number of hydrogen-bond donors (Lipinski definition) is 1. The molecule has 0 spiro atoms. The zero-order valence-corrected chi connectivity index (χ0v) is 12.6. The fourth-order valence-corrected chi connectivity index (χ4v) is 2.45. The van der Waals surface area contributed by atoms with Crippen LogP contribution in [0.3, 0.4) is 0 Å². The quantitative estimate of drug-likeness (QED) is 0.839. The van der Waals surface area contributed by atoms with Crippen LogP contribution in [0.25, 0.3) is 0 Å².